The summed E-state index contributed by atoms with van der Waals surface area (Å²) in [5, 5.41) is 5.54. The van der Waals surface area contributed by atoms with Crippen LogP contribution in [0, 0.1) is 0 Å². The molecule has 2 bridgehead atoms. The minimum Gasteiger partial charge on any atom is -0.371 e. The first-order valence-electron chi connectivity index (χ1n) is 9.01. The number of hydrogen-bond donors (Lipinski definition) is 0. The molecule has 2 unspecified atom stereocenters. The molecule has 2 saturated heterocycles. The van der Waals surface area contributed by atoms with E-state index in [2.05, 4.69) is 29.1 Å². The number of aryl methyl sites for hydroxylation is 1. The number of aromatic nitrogens is 4. The highest BCUT2D eigenvalue weighted by molar-refractivity contribution is 5.88. The lowest BCUT2D eigenvalue weighted by Gasteiger charge is -2.33. The van der Waals surface area contributed by atoms with Crippen molar-refractivity contribution in [2.24, 2.45) is 0 Å². The van der Waals surface area contributed by atoms with Gasteiger partial charge in [0.15, 0.2) is 11.5 Å². The van der Waals surface area contributed by atoms with Gasteiger partial charge in [-0.3, -0.25) is 0 Å². The van der Waals surface area contributed by atoms with E-state index in [9.17, 15) is 0 Å². The fraction of sp³-hybridized carbons (Fsp3) is 0.421. The second-order valence-corrected chi connectivity index (χ2v) is 6.80. The first-order chi connectivity index (χ1) is 12.3. The highest BCUT2D eigenvalue weighted by atomic mass is 16.5. The maximum Gasteiger partial charge on any atom is 0.164 e. The molecule has 0 radical (unpaired) electrons. The van der Waals surface area contributed by atoms with Crippen molar-refractivity contribution < 1.29 is 4.74 Å². The predicted octanol–water partition coefficient (Wildman–Crippen LogP) is 2.88. The minimum atomic E-state index is 0.324. The first-order valence-corrected chi connectivity index (χ1v) is 9.01. The Labute approximate surface area is 146 Å². The molecule has 1 aromatic carbocycles. The van der Waals surface area contributed by atoms with Crippen LogP contribution in [0.1, 0.15) is 19.8 Å². The van der Waals surface area contributed by atoms with Crippen molar-refractivity contribution in [2.45, 2.75) is 38.5 Å². The number of ether oxygens (including phenoxy) is 1. The van der Waals surface area contributed by atoms with Gasteiger partial charge in [0.05, 0.1) is 23.8 Å². The third-order valence-electron chi connectivity index (χ3n) is 5.15. The van der Waals surface area contributed by atoms with Gasteiger partial charge < -0.3 is 9.64 Å². The summed E-state index contributed by atoms with van der Waals surface area (Å²) in [6, 6.07) is 10.2. The predicted molar refractivity (Wildman–Crippen MR) is 96.5 cm³/mol. The maximum atomic E-state index is 6.00. The Kier molecular flexibility index (Phi) is 3.45. The summed E-state index contributed by atoms with van der Waals surface area (Å²) in [6.45, 7) is 4.68. The monoisotopic (exact) mass is 335 g/mol. The molecule has 5 rings (SSSR count). The van der Waals surface area contributed by atoms with Gasteiger partial charge in [-0.05, 0) is 19.8 Å². The zero-order chi connectivity index (χ0) is 16.8. The molecule has 3 aromatic rings. The average Bonchev–Trinajstić information content (AvgIpc) is 3.23. The zero-order valence-electron chi connectivity index (χ0n) is 14.3. The van der Waals surface area contributed by atoms with Crippen LogP contribution in [0.4, 0.5) is 5.82 Å². The van der Waals surface area contributed by atoms with Crippen LogP contribution in [-0.2, 0) is 11.3 Å². The van der Waals surface area contributed by atoms with Crippen LogP contribution in [0.3, 0.4) is 0 Å². The molecule has 2 aromatic heterocycles. The van der Waals surface area contributed by atoms with Gasteiger partial charge in [-0.25, -0.2) is 14.6 Å². The van der Waals surface area contributed by atoms with Crippen molar-refractivity contribution >= 4 is 16.9 Å². The maximum absolute atomic E-state index is 6.00. The van der Waals surface area contributed by atoms with Crippen molar-refractivity contribution in [1.29, 1.82) is 0 Å². The van der Waals surface area contributed by atoms with Gasteiger partial charge in [-0.2, -0.15) is 5.10 Å². The lowest BCUT2D eigenvalue weighted by atomic mass is 10.2. The molecule has 2 aliphatic heterocycles. The van der Waals surface area contributed by atoms with Crippen LogP contribution in [0.2, 0.25) is 0 Å². The smallest absolute Gasteiger partial charge is 0.164 e. The van der Waals surface area contributed by atoms with Gasteiger partial charge in [-0.15, -0.1) is 0 Å². The number of nitrogens with zero attached hydrogens (tertiary/aromatic N) is 5. The van der Waals surface area contributed by atoms with E-state index in [0.29, 0.717) is 12.2 Å². The minimum absolute atomic E-state index is 0.324. The Balaban J connectivity index is 1.67. The summed E-state index contributed by atoms with van der Waals surface area (Å²) in [5.41, 5.74) is 1.94. The summed E-state index contributed by atoms with van der Waals surface area (Å²) in [7, 11) is 0. The molecule has 0 aliphatic carbocycles. The van der Waals surface area contributed by atoms with E-state index in [1.807, 2.05) is 29.1 Å². The Hall–Kier alpha value is -2.47. The van der Waals surface area contributed by atoms with Crippen LogP contribution in [0.15, 0.2) is 36.5 Å². The molecule has 4 heterocycles. The number of benzene rings is 1. The topological polar surface area (TPSA) is 56.1 Å². The average molecular weight is 335 g/mol. The van der Waals surface area contributed by atoms with Crippen molar-refractivity contribution in [3.8, 4) is 11.4 Å². The quantitative estimate of drug-likeness (QED) is 0.737. The Morgan fingerprint density at radius 1 is 1.08 bits per heavy atom. The molecular weight excluding hydrogens is 314 g/mol. The van der Waals surface area contributed by atoms with E-state index in [1.165, 1.54) is 0 Å². The number of hydrogen-bond acceptors (Lipinski definition) is 5. The molecule has 0 amide bonds. The largest absolute Gasteiger partial charge is 0.371 e. The summed E-state index contributed by atoms with van der Waals surface area (Å²) in [4.78, 5) is 12.1. The van der Waals surface area contributed by atoms with Gasteiger partial charge in [0.1, 0.15) is 5.82 Å². The highest BCUT2D eigenvalue weighted by Crippen LogP contribution is 2.33. The van der Waals surface area contributed by atoms with Gasteiger partial charge in [0.25, 0.3) is 0 Å². The van der Waals surface area contributed by atoms with Gasteiger partial charge in [0, 0.05) is 25.2 Å². The third-order valence-corrected chi connectivity index (χ3v) is 5.15. The molecule has 25 heavy (non-hydrogen) atoms. The Morgan fingerprint density at radius 3 is 2.56 bits per heavy atom. The van der Waals surface area contributed by atoms with Crippen LogP contribution >= 0.6 is 0 Å². The summed E-state index contributed by atoms with van der Waals surface area (Å²) in [5.74, 6) is 1.75. The molecule has 6 nitrogen and oxygen atoms in total. The Morgan fingerprint density at radius 2 is 1.84 bits per heavy atom. The Bertz CT molecular complexity index is 895. The molecule has 2 fully saturated rings. The second kappa shape index (κ2) is 5.81. The standard InChI is InChI=1S/C19H21N5O/c1-2-24-19-16(10-20-24)18(23-11-14-8-9-15(12-23)25-14)21-17(22-19)13-6-4-3-5-7-13/h3-7,10,14-15H,2,8-9,11-12H2,1H3. The van der Waals surface area contributed by atoms with E-state index in [-0.39, 0.29) is 0 Å². The normalized spacial score (nSPS) is 22.7. The summed E-state index contributed by atoms with van der Waals surface area (Å²) in [6.07, 6.45) is 4.85. The van der Waals surface area contributed by atoms with Gasteiger partial charge in [0.2, 0.25) is 0 Å². The van der Waals surface area contributed by atoms with Crippen molar-refractivity contribution in [1.82, 2.24) is 19.7 Å². The van der Waals surface area contributed by atoms with Gasteiger partial charge in [-0.1, -0.05) is 30.3 Å². The second-order valence-electron chi connectivity index (χ2n) is 6.80. The molecule has 128 valence electrons. The lowest BCUT2D eigenvalue weighted by molar-refractivity contribution is 0.0303. The third kappa shape index (κ3) is 2.48. The summed E-state index contributed by atoms with van der Waals surface area (Å²) < 4.78 is 7.94. The van der Waals surface area contributed by atoms with Crippen LogP contribution in [0.25, 0.3) is 22.4 Å². The highest BCUT2D eigenvalue weighted by Gasteiger charge is 2.35. The zero-order valence-corrected chi connectivity index (χ0v) is 14.3. The SMILES string of the molecule is CCn1ncc2c(N3CC4CCC(C3)O4)nc(-c3ccccc3)nc21. The molecule has 6 heteroatoms. The molecule has 0 N–H and O–H groups in total. The number of rotatable bonds is 3. The fourth-order valence-electron chi connectivity index (χ4n) is 3.92. The van der Waals surface area contributed by atoms with Crippen molar-refractivity contribution in [3.63, 3.8) is 0 Å². The van der Waals surface area contributed by atoms with E-state index >= 15 is 0 Å². The van der Waals surface area contributed by atoms with E-state index < -0.39 is 0 Å². The molecule has 2 aliphatic rings. The number of morpholine rings is 1. The van der Waals surface area contributed by atoms with Gasteiger partial charge >= 0.3 is 0 Å². The van der Waals surface area contributed by atoms with E-state index in [4.69, 9.17) is 14.7 Å². The lowest BCUT2D eigenvalue weighted by Crippen LogP contribution is -2.43. The molecule has 2 atom stereocenters. The molecule has 0 saturated carbocycles. The molecule has 0 spiro atoms. The van der Waals surface area contributed by atoms with Crippen molar-refractivity contribution in [2.75, 3.05) is 18.0 Å². The van der Waals surface area contributed by atoms with Crippen LogP contribution in [-0.4, -0.2) is 45.0 Å². The number of fused-ring (bicyclic) bond motifs is 3. The molecular formula is C19H21N5O. The first kappa shape index (κ1) is 14.8. The number of anilines is 1. The van der Waals surface area contributed by atoms with E-state index in [1.54, 1.807) is 0 Å². The van der Waals surface area contributed by atoms with Crippen molar-refractivity contribution in [3.05, 3.63) is 36.5 Å². The van der Waals surface area contributed by atoms with E-state index in [0.717, 1.165) is 60.7 Å². The fourth-order valence-corrected chi connectivity index (χ4v) is 3.92. The summed E-state index contributed by atoms with van der Waals surface area (Å²) >= 11 is 0. The van der Waals surface area contributed by atoms with Crippen LogP contribution < -0.4 is 4.90 Å². The van der Waals surface area contributed by atoms with Crippen LogP contribution in [0.5, 0.6) is 0 Å².